The van der Waals surface area contributed by atoms with E-state index in [0.717, 1.165) is 10.0 Å². The highest BCUT2D eigenvalue weighted by molar-refractivity contribution is 9.10. The molecule has 0 aliphatic carbocycles. The van der Waals surface area contributed by atoms with Crippen LogP contribution in [0.2, 0.25) is 0 Å². The Hall–Kier alpha value is -3.00. The number of carbonyl (C=O) groups excluding carboxylic acids is 2. The molecular weight excluding hydrogens is 412 g/mol. The van der Waals surface area contributed by atoms with E-state index in [1.807, 2.05) is 13.0 Å². The lowest BCUT2D eigenvalue weighted by molar-refractivity contribution is -0.116. The zero-order chi connectivity index (χ0) is 19.6. The van der Waals surface area contributed by atoms with Crippen LogP contribution >= 0.6 is 15.9 Å². The van der Waals surface area contributed by atoms with Crippen molar-refractivity contribution < 1.29 is 9.59 Å². The molecule has 0 atom stereocenters. The van der Waals surface area contributed by atoms with Crippen molar-refractivity contribution in [2.24, 2.45) is 0 Å². The molecule has 0 saturated heterocycles. The number of carbonyl (C=O) groups is 2. The number of aromatic amines is 1. The number of aryl methyl sites for hydroxylation is 1. The maximum absolute atomic E-state index is 12.6. The maximum atomic E-state index is 12.6. The Bertz CT molecular complexity index is 1080. The molecule has 0 unspecified atom stereocenters. The van der Waals surface area contributed by atoms with Crippen molar-refractivity contribution in [3.05, 3.63) is 68.5 Å². The standard InChI is InChI=1S/C19H17BrN4O3/c1-11-3-6-17(21-9-11)23-18(26)10-24(2)19(27)15-8-16(25)13-7-12(20)4-5-14(13)22-15/h3-9H,10H2,1-2H3,(H,22,25)(H,21,23,26). The SMILES string of the molecule is Cc1ccc(NC(=O)CN(C)C(=O)c2cc(=O)c3cc(Br)ccc3[nH]2)nc1. The summed E-state index contributed by atoms with van der Waals surface area (Å²) in [5, 5.41) is 3.11. The number of H-pyrrole nitrogens is 1. The van der Waals surface area contributed by atoms with Crippen molar-refractivity contribution in [1.29, 1.82) is 0 Å². The van der Waals surface area contributed by atoms with E-state index >= 15 is 0 Å². The van der Waals surface area contributed by atoms with E-state index in [2.05, 4.69) is 31.2 Å². The number of nitrogens with zero attached hydrogens (tertiary/aromatic N) is 2. The zero-order valence-electron chi connectivity index (χ0n) is 14.7. The van der Waals surface area contributed by atoms with E-state index < -0.39 is 5.91 Å². The lowest BCUT2D eigenvalue weighted by Crippen LogP contribution is -2.35. The molecule has 2 aromatic heterocycles. The van der Waals surface area contributed by atoms with Crippen LogP contribution in [0.15, 0.2) is 51.9 Å². The zero-order valence-corrected chi connectivity index (χ0v) is 16.3. The van der Waals surface area contributed by atoms with Gasteiger partial charge in [0.25, 0.3) is 5.91 Å². The summed E-state index contributed by atoms with van der Waals surface area (Å²) in [6.45, 7) is 1.73. The highest BCUT2D eigenvalue weighted by Crippen LogP contribution is 2.16. The average Bonchev–Trinajstić information content (AvgIpc) is 2.63. The van der Waals surface area contributed by atoms with E-state index in [4.69, 9.17) is 0 Å². The molecule has 2 heterocycles. The summed E-state index contributed by atoms with van der Waals surface area (Å²) in [6, 6.07) is 9.94. The minimum absolute atomic E-state index is 0.124. The molecule has 27 heavy (non-hydrogen) atoms. The first-order valence-corrected chi connectivity index (χ1v) is 8.93. The maximum Gasteiger partial charge on any atom is 0.270 e. The van der Waals surface area contributed by atoms with Gasteiger partial charge in [-0.05, 0) is 36.8 Å². The van der Waals surface area contributed by atoms with Gasteiger partial charge in [-0.1, -0.05) is 22.0 Å². The van der Waals surface area contributed by atoms with Gasteiger partial charge in [-0.25, -0.2) is 4.98 Å². The molecular formula is C19H17BrN4O3. The number of rotatable bonds is 4. The van der Waals surface area contributed by atoms with Crippen LogP contribution in [-0.2, 0) is 4.79 Å². The molecule has 1 aromatic carbocycles. The highest BCUT2D eigenvalue weighted by atomic mass is 79.9. The third-order valence-electron chi connectivity index (χ3n) is 3.93. The predicted molar refractivity (Wildman–Crippen MR) is 107 cm³/mol. The Labute approximate surface area is 163 Å². The average molecular weight is 429 g/mol. The largest absolute Gasteiger partial charge is 0.350 e. The third-order valence-corrected chi connectivity index (χ3v) is 4.42. The molecule has 8 heteroatoms. The van der Waals surface area contributed by atoms with Gasteiger partial charge in [0.1, 0.15) is 11.5 Å². The smallest absolute Gasteiger partial charge is 0.270 e. The molecule has 0 bridgehead atoms. The van der Waals surface area contributed by atoms with Crippen molar-refractivity contribution in [2.45, 2.75) is 6.92 Å². The number of aromatic nitrogens is 2. The van der Waals surface area contributed by atoms with Gasteiger partial charge in [0, 0.05) is 34.7 Å². The monoisotopic (exact) mass is 428 g/mol. The Balaban J connectivity index is 1.74. The molecule has 3 rings (SSSR count). The number of hydrogen-bond acceptors (Lipinski definition) is 4. The van der Waals surface area contributed by atoms with Crippen LogP contribution in [0, 0.1) is 6.92 Å². The highest BCUT2D eigenvalue weighted by Gasteiger charge is 2.17. The number of anilines is 1. The second-order valence-electron chi connectivity index (χ2n) is 6.17. The van der Waals surface area contributed by atoms with E-state index in [1.54, 1.807) is 30.5 Å². The van der Waals surface area contributed by atoms with Gasteiger partial charge in [0.05, 0.1) is 6.54 Å². The van der Waals surface area contributed by atoms with Gasteiger partial charge in [-0.15, -0.1) is 0 Å². The van der Waals surface area contributed by atoms with E-state index in [1.165, 1.54) is 18.0 Å². The Kier molecular flexibility index (Phi) is 5.36. The van der Waals surface area contributed by atoms with Gasteiger partial charge in [0.15, 0.2) is 5.43 Å². The Morgan fingerprint density at radius 1 is 1.22 bits per heavy atom. The first-order valence-electron chi connectivity index (χ1n) is 8.14. The van der Waals surface area contributed by atoms with Crippen molar-refractivity contribution in [3.8, 4) is 0 Å². The van der Waals surface area contributed by atoms with Crippen LogP contribution in [0.5, 0.6) is 0 Å². The number of pyridine rings is 2. The number of amides is 2. The summed E-state index contributed by atoms with van der Waals surface area (Å²) in [7, 11) is 1.49. The second kappa shape index (κ2) is 7.71. The quantitative estimate of drug-likeness (QED) is 0.667. The normalized spacial score (nSPS) is 10.6. The lowest BCUT2D eigenvalue weighted by atomic mass is 10.2. The van der Waals surface area contributed by atoms with Gasteiger partial charge in [-0.2, -0.15) is 0 Å². The summed E-state index contributed by atoms with van der Waals surface area (Å²) in [6.07, 6.45) is 1.64. The van der Waals surface area contributed by atoms with Crippen LogP contribution < -0.4 is 10.7 Å². The minimum Gasteiger partial charge on any atom is -0.350 e. The van der Waals surface area contributed by atoms with Crippen LogP contribution in [0.3, 0.4) is 0 Å². The summed E-state index contributed by atoms with van der Waals surface area (Å²) in [5.74, 6) is -0.422. The first-order chi connectivity index (χ1) is 12.8. The van der Waals surface area contributed by atoms with Gasteiger partial charge < -0.3 is 15.2 Å². The van der Waals surface area contributed by atoms with Crippen LogP contribution in [-0.4, -0.2) is 40.3 Å². The summed E-state index contributed by atoms with van der Waals surface area (Å²) >= 11 is 3.32. The molecule has 7 nitrogen and oxygen atoms in total. The van der Waals surface area contributed by atoms with E-state index in [9.17, 15) is 14.4 Å². The van der Waals surface area contributed by atoms with E-state index in [-0.39, 0.29) is 23.6 Å². The molecule has 0 fully saturated rings. The molecule has 3 aromatic rings. The van der Waals surface area contributed by atoms with E-state index in [0.29, 0.717) is 16.7 Å². The summed E-state index contributed by atoms with van der Waals surface area (Å²) in [4.78, 5) is 45.3. The van der Waals surface area contributed by atoms with Crippen LogP contribution in [0.1, 0.15) is 16.1 Å². The molecule has 2 amide bonds. The van der Waals surface area contributed by atoms with Crippen molar-refractivity contribution >= 4 is 44.5 Å². The fraction of sp³-hybridized carbons (Fsp3) is 0.158. The number of likely N-dealkylation sites (N-methyl/N-ethyl adjacent to an activating group) is 1. The summed E-state index contributed by atoms with van der Waals surface area (Å²) in [5.41, 5.74) is 1.39. The lowest BCUT2D eigenvalue weighted by Gasteiger charge is -2.17. The first kappa shape index (κ1) is 18.8. The van der Waals surface area contributed by atoms with Crippen LogP contribution in [0.25, 0.3) is 10.9 Å². The van der Waals surface area contributed by atoms with Gasteiger partial charge in [0.2, 0.25) is 5.91 Å². The van der Waals surface area contributed by atoms with Crippen molar-refractivity contribution in [3.63, 3.8) is 0 Å². The van der Waals surface area contributed by atoms with Crippen molar-refractivity contribution in [2.75, 3.05) is 18.9 Å². The number of hydrogen-bond donors (Lipinski definition) is 2. The molecule has 0 aliphatic rings. The Morgan fingerprint density at radius 2 is 2.00 bits per heavy atom. The Morgan fingerprint density at radius 3 is 2.70 bits per heavy atom. The third kappa shape index (κ3) is 4.40. The van der Waals surface area contributed by atoms with Crippen LogP contribution in [0.4, 0.5) is 5.82 Å². The molecule has 138 valence electrons. The molecule has 0 spiro atoms. The van der Waals surface area contributed by atoms with Crippen molar-refractivity contribution in [1.82, 2.24) is 14.9 Å². The summed E-state index contributed by atoms with van der Waals surface area (Å²) < 4.78 is 0.776. The molecule has 0 saturated carbocycles. The number of nitrogens with one attached hydrogen (secondary N) is 2. The predicted octanol–water partition coefficient (Wildman–Crippen LogP) is 2.70. The topological polar surface area (TPSA) is 95.2 Å². The van der Waals surface area contributed by atoms with Gasteiger partial charge in [-0.3, -0.25) is 14.4 Å². The second-order valence-corrected chi connectivity index (χ2v) is 7.08. The number of halogens is 1. The fourth-order valence-corrected chi connectivity index (χ4v) is 2.91. The number of fused-ring (bicyclic) bond motifs is 1. The fourth-order valence-electron chi connectivity index (χ4n) is 2.55. The molecule has 0 aliphatic heterocycles. The number of benzene rings is 1. The molecule has 2 N–H and O–H groups in total. The van der Waals surface area contributed by atoms with Gasteiger partial charge >= 0.3 is 0 Å². The minimum atomic E-state index is -0.455. The molecule has 0 radical (unpaired) electrons.